The molecule has 1 fully saturated rings. The zero-order chi connectivity index (χ0) is 11.2. The summed E-state index contributed by atoms with van der Waals surface area (Å²) in [6.45, 7) is 0. The van der Waals surface area contributed by atoms with Crippen LogP contribution in [0.25, 0.3) is 0 Å². The molecule has 3 atom stereocenters. The van der Waals surface area contributed by atoms with E-state index in [0.717, 1.165) is 12.8 Å². The molecule has 2 nitrogen and oxygen atoms in total. The summed E-state index contributed by atoms with van der Waals surface area (Å²) in [7, 11) is -3.12. The van der Waals surface area contributed by atoms with Crippen LogP contribution in [0.3, 0.4) is 0 Å². The Morgan fingerprint density at radius 2 is 1.75 bits per heavy atom. The molecule has 2 bridgehead atoms. The summed E-state index contributed by atoms with van der Waals surface area (Å²) in [5, 5.41) is -0.190. The highest BCUT2D eigenvalue weighted by Crippen LogP contribution is 2.44. The van der Waals surface area contributed by atoms with Crippen LogP contribution in [0, 0.1) is 11.8 Å². The Morgan fingerprint density at radius 3 is 2.31 bits per heavy atom. The minimum Gasteiger partial charge on any atom is -0.223 e. The van der Waals surface area contributed by atoms with Crippen LogP contribution in [0.15, 0.2) is 47.4 Å². The van der Waals surface area contributed by atoms with Gasteiger partial charge >= 0.3 is 0 Å². The molecule has 0 spiro atoms. The standard InChI is InChI=1S/C13H14O2S/c14-16(15,12-4-2-1-3-5-12)13-9-10-6-7-11(13)8-10/h1-7,10-11,13H,8-9H2. The lowest BCUT2D eigenvalue weighted by Gasteiger charge is -2.18. The molecule has 3 heteroatoms. The lowest BCUT2D eigenvalue weighted by molar-refractivity contribution is 0.561. The minimum absolute atomic E-state index is 0.190. The molecule has 1 aromatic carbocycles. The van der Waals surface area contributed by atoms with Gasteiger partial charge in [0.05, 0.1) is 10.1 Å². The maximum absolute atomic E-state index is 12.4. The van der Waals surface area contributed by atoms with E-state index < -0.39 is 9.84 Å². The highest BCUT2D eigenvalue weighted by molar-refractivity contribution is 7.92. The lowest BCUT2D eigenvalue weighted by Crippen LogP contribution is -2.25. The number of rotatable bonds is 2. The van der Waals surface area contributed by atoms with Crippen LogP contribution in [0.5, 0.6) is 0 Å². The maximum atomic E-state index is 12.4. The average molecular weight is 234 g/mol. The third kappa shape index (κ3) is 1.42. The largest absolute Gasteiger partial charge is 0.223 e. The molecule has 0 aliphatic heterocycles. The average Bonchev–Trinajstić information content (AvgIpc) is 2.92. The zero-order valence-corrected chi connectivity index (χ0v) is 9.73. The second kappa shape index (κ2) is 3.45. The highest BCUT2D eigenvalue weighted by Gasteiger charge is 2.43. The summed E-state index contributed by atoms with van der Waals surface area (Å²) in [6.07, 6.45) is 6.08. The van der Waals surface area contributed by atoms with Crippen LogP contribution in [-0.4, -0.2) is 13.7 Å². The molecule has 0 saturated heterocycles. The van der Waals surface area contributed by atoms with Gasteiger partial charge in [-0.3, -0.25) is 0 Å². The number of hydrogen-bond acceptors (Lipinski definition) is 2. The molecule has 84 valence electrons. The van der Waals surface area contributed by atoms with E-state index in [-0.39, 0.29) is 11.2 Å². The second-order valence-electron chi connectivity index (χ2n) is 4.68. The number of benzene rings is 1. The first kappa shape index (κ1) is 10.1. The fraction of sp³-hybridized carbons (Fsp3) is 0.385. The molecular formula is C13H14O2S. The topological polar surface area (TPSA) is 34.1 Å². The first-order valence-electron chi connectivity index (χ1n) is 5.65. The van der Waals surface area contributed by atoms with Crippen molar-refractivity contribution in [3.63, 3.8) is 0 Å². The molecule has 3 unspecified atom stereocenters. The molecule has 0 aromatic heterocycles. The van der Waals surface area contributed by atoms with Gasteiger partial charge in [-0.1, -0.05) is 30.4 Å². The predicted molar refractivity (Wildman–Crippen MR) is 62.8 cm³/mol. The number of fused-ring (bicyclic) bond motifs is 2. The van der Waals surface area contributed by atoms with Gasteiger partial charge in [0.25, 0.3) is 0 Å². The maximum Gasteiger partial charge on any atom is 0.181 e. The molecule has 0 amide bonds. The molecular weight excluding hydrogens is 220 g/mol. The summed E-state index contributed by atoms with van der Waals surface area (Å²) in [4.78, 5) is 0.473. The molecule has 2 aliphatic carbocycles. The summed E-state index contributed by atoms with van der Waals surface area (Å²) >= 11 is 0. The molecule has 0 heterocycles. The van der Waals surface area contributed by atoms with Gasteiger partial charge in [0.15, 0.2) is 9.84 Å². The van der Waals surface area contributed by atoms with Gasteiger partial charge in [0.1, 0.15) is 0 Å². The Bertz CT molecular complexity index is 516. The van der Waals surface area contributed by atoms with Gasteiger partial charge in [0, 0.05) is 0 Å². The Balaban J connectivity index is 1.98. The third-order valence-electron chi connectivity index (χ3n) is 3.69. The van der Waals surface area contributed by atoms with Gasteiger partial charge in [-0.25, -0.2) is 8.42 Å². The Hall–Kier alpha value is -1.09. The summed E-state index contributed by atoms with van der Waals surface area (Å²) < 4.78 is 24.8. The Kier molecular flexibility index (Phi) is 2.18. The zero-order valence-electron chi connectivity index (χ0n) is 8.91. The number of allylic oxidation sites excluding steroid dienone is 2. The summed E-state index contributed by atoms with van der Waals surface area (Å²) in [6, 6.07) is 8.82. The van der Waals surface area contributed by atoms with Crippen molar-refractivity contribution in [1.82, 2.24) is 0 Å². The molecule has 1 aromatic rings. The van der Waals surface area contributed by atoms with E-state index in [4.69, 9.17) is 0 Å². The van der Waals surface area contributed by atoms with Crippen molar-refractivity contribution in [3.05, 3.63) is 42.5 Å². The first-order chi connectivity index (χ1) is 7.68. The molecule has 2 aliphatic rings. The lowest BCUT2D eigenvalue weighted by atomic mass is 10.1. The third-order valence-corrected chi connectivity index (χ3v) is 5.96. The molecule has 0 N–H and O–H groups in total. The monoisotopic (exact) mass is 234 g/mol. The van der Waals surface area contributed by atoms with E-state index in [1.165, 1.54) is 0 Å². The van der Waals surface area contributed by atoms with Gasteiger partial charge in [-0.2, -0.15) is 0 Å². The SMILES string of the molecule is O=S(=O)(c1ccccc1)C1CC2C=CC1C2. The highest BCUT2D eigenvalue weighted by atomic mass is 32.2. The van der Waals surface area contributed by atoms with Gasteiger partial charge in [-0.05, 0) is 36.8 Å². The Labute approximate surface area is 95.9 Å². The van der Waals surface area contributed by atoms with Crippen molar-refractivity contribution in [1.29, 1.82) is 0 Å². The van der Waals surface area contributed by atoms with E-state index in [1.807, 2.05) is 6.07 Å². The first-order valence-corrected chi connectivity index (χ1v) is 7.20. The van der Waals surface area contributed by atoms with Crippen molar-refractivity contribution in [2.75, 3.05) is 0 Å². The van der Waals surface area contributed by atoms with E-state index in [9.17, 15) is 8.42 Å². The van der Waals surface area contributed by atoms with Crippen LogP contribution >= 0.6 is 0 Å². The fourth-order valence-corrected chi connectivity index (χ4v) is 4.92. The molecule has 3 rings (SSSR count). The minimum atomic E-state index is -3.12. The molecule has 0 radical (unpaired) electrons. The van der Waals surface area contributed by atoms with Crippen molar-refractivity contribution >= 4 is 9.84 Å². The Morgan fingerprint density at radius 1 is 1.00 bits per heavy atom. The van der Waals surface area contributed by atoms with Crippen molar-refractivity contribution in [2.45, 2.75) is 23.0 Å². The summed E-state index contributed by atoms with van der Waals surface area (Å²) in [5.41, 5.74) is 0. The van der Waals surface area contributed by atoms with E-state index in [1.54, 1.807) is 24.3 Å². The van der Waals surface area contributed by atoms with Crippen LogP contribution in [0.4, 0.5) is 0 Å². The number of hydrogen-bond donors (Lipinski definition) is 0. The van der Waals surface area contributed by atoms with Crippen LogP contribution in [0.1, 0.15) is 12.8 Å². The van der Waals surface area contributed by atoms with Crippen LogP contribution in [0.2, 0.25) is 0 Å². The van der Waals surface area contributed by atoms with E-state index in [0.29, 0.717) is 10.8 Å². The van der Waals surface area contributed by atoms with Crippen LogP contribution in [-0.2, 0) is 9.84 Å². The summed E-state index contributed by atoms with van der Waals surface area (Å²) in [5.74, 6) is 0.740. The van der Waals surface area contributed by atoms with Crippen LogP contribution < -0.4 is 0 Å². The molecule has 1 saturated carbocycles. The smallest absolute Gasteiger partial charge is 0.181 e. The normalized spacial score (nSPS) is 32.1. The molecule has 16 heavy (non-hydrogen) atoms. The quantitative estimate of drug-likeness (QED) is 0.736. The number of sulfone groups is 1. The van der Waals surface area contributed by atoms with Crippen molar-refractivity contribution in [2.24, 2.45) is 11.8 Å². The van der Waals surface area contributed by atoms with Gasteiger partial charge in [-0.15, -0.1) is 0 Å². The predicted octanol–water partition coefficient (Wildman–Crippen LogP) is 2.42. The fourth-order valence-electron chi connectivity index (χ4n) is 2.87. The van der Waals surface area contributed by atoms with E-state index >= 15 is 0 Å². The van der Waals surface area contributed by atoms with Crippen molar-refractivity contribution < 1.29 is 8.42 Å². The van der Waals surface area contributed by atoms with Crippen molar-refractivity contribution in [3.8, 4) is 0 Å². The van der Waals surface area contributed by atoms with E-state index in [2.05, 4.69) is 12.2 Å². The second-order valence-corrected chi connectivity index (χ2v) is 6.84. The van der Waals surface area contributed by atoms with Gasteiger partial charge < -0.3 is 0 Å². The van der Waals surface area contributed by atoms with Gasteiger partial charge in [0.2, 0.25) is 0 Å².